The fraction of sp³-hybridized carbons (Fsp3) is 0.381. The summed E-state index contributed by atoms with van der Waals surface area (Å²) in [5.74, 6) is 3.51. The van der Waals surface area contributed by atoms with Crippen LogP contribution in [0.15, 0.2) is 48.5 Å². The smallest absolute Gasteiger partial charge is 0.220 e. The van der Waals surface area contributed by atoms with Crippen LogP contribution in [0.1, 0.15) is 31.7 Å². The van der Waals surface area contributed by atoms with E-state index < -0.39 is 0 Å². The van der Waals surface area contributed by atoms with Crippen molar-refractivity contribution in [2.24, 2.45) is 11.8 Å². The number of nitrogens with one attached hydrogen (secondary N) is 1. The first-order chi connectivity index (χ1) is 12.2. The molecule has 0 aromatic heterocycles. The zero-order valence-corrected chi connectivity index (χ0v) is 14.8. The van der Waals surface area contributed by atoms with Gasteiger partial charge in [-0.3, -0.25) is 4.79 Å². The molecular weight excluding hydrogens is 314 g/mol. The molecule has 1 aliphatic carbocycles. The molecular formula is C21H25NO3. The molecule has 1 atom stereocenters. The molecule has 132 valence electrons. The fourth-order valence-electron chi connectivity index (χ4n) is 2.90. The van der Waals surface area contributed by atoms with Gasteiger partial charge in [0.1, 0.15) is 5.75 Å². The lowest BCUT2D eigenvalue weighted by molar-refractivity contribution is -0.122. The second kappa shape index (κ2) is 8.06. The molecule has 1 aliphatic rings. The fourth-order valence-corrected chi connectivity index (χ4v) is 2.90. The van der Waals surface area contributed by atoms with Crippen LogP contribution >= 0.6 is 0 Å². The first kappa shape index (κ1) is 17.3. The second-order valence-corrected chi connectivity index (χ2v) is 6.69. The van der Waals surface area contributed by atoms with Gasteiger partial charge in [0, 0.05) is 13.0 Å². The van der Waals surface area contributed by atoms with Crippen LogP contribution < -0.4 is 14.8 Å². The van der Waals surface area contributed by atoms with E-state index in [1.165, 1.54) is 12.8 Å². The third-order valence-corrected chi connectivity index (χ3v) is 4.64. The normalized spacial score (nSPS) is 14.6. The van der Waals surface area contributed by atoms with Gasteiger partial charge in [0.05, 0.1) is 7.11 Å². The SMILES string of the molecule is COc1ccccc1Oc1ccc(CNC(=O)CC(C)C2CC2)cc1. The van der Waals surface area contributed by atoms with Gasteiger partial charge in [-0.15, -0.1) is 0 Å². The van der Waals surface area contributed by atoms with E-state index in [4.69, 9.17) is 9.47 Å². The number of methoxy groups -OCH3 is 1. The van der Waals surface area contributed by atoms with E-state index in [0.29, 0.717) is 30.4 Å². The maximum Gasteiger partial charge on any atom is 0.220 e. The summed E-state index contributed by atoms with van der Waals surface area (Å²) < 4.78 is 11.1. The molecule has 0 bridgehead atoms. The Hall–Kier alpha value is -2.49. The van der Waals surface area contributed by atoms with Crippen molar-refractivity contribution in [1.82, 2.24) is 5.32 Å². The molecule has 1 unspecified atom stereocenters. The lowest BCUT2D eigenvalue weighted by Gasteiger charge is -2.12. The van der Waals surface area contributed by atoms with E-state index >= 15 is 0 Å². The predicted molar refractivity (Wildman–Crippen MR) is 97.9 cm³/mol. The molecule has 0 aliphatic heterocycles. The zero-order valence-electron chi connectivity index (χ0n) is 14.8. The van der Waals surface area contributed by atoms with E-state index in [9.17, 15) is 4.79 Å². The van der Waals surface area contributed by atoms with Crippen molar-refractivity contribution in [3.8, 4) is 17.2 Å². The number of hydrogen-bond donors (Lipinski definition) is 1. The molecule has 1 fully saturated rings. The third-order valence-electron chi connectivity index (χ3n) is 4.64. The molecule has 0 saturated heterocycles. The van der Waals surface area contributed by atoms with Crippen molar-refractivity contribution in [3.63, 3.8) is 0 Å². The Morgan fingerprint density at radius 3 is 2.44 bits per heavy atom. The van der Waals surface area contributed by atoms with Crippen LogP contribution in [0.2, 0.25) is 0 Å². The number of carbonyl (C=O) groups excluding carboxylic acids is 1. The van der Waals surface area contributed by atoms with Gasteiger partial charge in [0.2, 0.25) is 5.91 Å². The number of amides is 1. The number of rotatable bonds is 8. The summed E-state index contributed by atoms with van der Waals surface area (Å²) in [4.78, 5) is 12.0. The summed E-state index contributed by atoms with van der Waals surface area (Å²) >= 11 is 0. The van der Waals surface area contributed by atoms with Crippen molar-refractivity contribution in [2.45, 2.75) is 32.7 Å². The molecule has 2 aromatic carbocycles. The molecule has 1 saturated carbocycles. The minimum absolute atomic E-state index is 0.133. The number of benzene rings is 2. The first-order valence-electron chi connectivity index (χ1n) is 8.82. The van der Waals surface area contributed by atoms with Gasteiger partial charge in [-0.25, -0.2) is 0 Å². The third kappa shape index (κ3) is 4.99. The number of para-hydroxylation sites is 2. The molecule has 0 spiro atoms. The molecule has 4 nitrogen and oxygen atoms in total. The highest BCUT2D eigenvalue weighted by Crippen LogP contribution is 2.38. The Morgan fingerprint density at radius 2 is 1.80 bits per heavy atom. The topological polar surface area (TPSA) is 47.6 Å². The van der Waals surface area contributed by atoms with E-state index in [1.807, 2.05) is 48.5 Å². The van der Waals surface area contributed by atoms with Crippen LogP contribution in [-0.2, 0) is 11.3 Å². The first-order valence-corrected chi connectivity index (χ1v) is 8.82. The molecule has 2 aromatic rings. The van der Waals surface area contributed by atoms with Gasteiger partial charge in [-0.2, -0.15) is 0 Å². The summed E-state index contributed by atoms with van der Waals surface area (Å²) in [5.41, 5.74) is 1.06. The summed E-state index contributed by atoms with van der Waals surface area (Å²) in [6, 6.07) is 15.3. The van der Waals surface area contributed by atoms with Crippen LogP contribution in [0.25, 0.3) is 0 Å². The average Bonchev–Trinajstić information content (AvgIpc) is 3.47. The van der Waals surface area contributed by atoms with Gasteiger partial charge in [0.15, 0.2) is 11.5 Å². The Bertz CT molecular complexity index is 707. The van der Waals surface area contributed by atoms with E-state index in [0.717, 1.165) is 17.2 Å². The Balaban J connectivity index is 1.50. The summed E-state index contributed by atoms with van der Waals surface area (Å²) in [6.45, 7) is 2.71. The maximum absolute atomic E-state index is 12.0. The summed E-state index contributed by atoms with van der Waals surface area (Å²) in [6.07, 6.45) is 3.18. The lowest BCUT2D eigenvalue weighted by atomic mass is 10.0. The van der Waals surface area contributed by atoms with Gasteiger partial charge < -0.3 is 14.8 Å². The monoisotopic (exact) mass is 339 g/mol. The second-order valence-electron chi connectivity index (χ2n) is 6.69. The molecule has 25 heavy (non-hydrogen) atoms. The highest BCUT2D eigenvalue weighted by Gasteiger charge is 2.29. The highest BCUT2D eigenvalue weighted by molar-refractivity contribution is 5.76. The van der Waals surface area contributed by atoms with E-state index in [2.05, 4.69) is 12.2 Å². The van der Waals surface area contributed by atoms with Gasteiger partial charge in [-0.05, 0) is 54.5 Å². The predicted octanol–water partition coefficient (Wildman–Crippen LogP) is 4.54. The molecule has 4 heteroatoms. The quantitative estimate of drug-likeness (QED) is 0.768. The maximum atomic E-state index is 12.0. The van der Waals surface area contributed by atoms with Crippen LogP contribution in [0.3, 0.4) is 0 Å². The number of carbonyl (C=O) groups is 1. The average molecular weight is 339 g/mol. The number of ether oxygens (including phenoxy) is 2. The van der Waals surface area contributed by atoms with Crippen LogP contribution in [0, 0.1) is 11.8 Å². The lowest BCUT2D eigenvalue weighted by Crippen LogP contribution is -2.24. The van der Waals surface area contributed by atoms with Gasteiger partial charge >= 0.3 is 0 Å². The van der Waals surface area contributed by atoms with Crippen molar-refractivity contribution >= 4 is 5.91 Å². The van der Waals surface area contributed by atoms with E-state index in [1.54, 1.807) is 7.11 Å². The molecule has 3 rings (SSSR count). The standard InChI is InChI=1S/C21H25NO3/c1-15(17-9-10-17)13-21(23)22-14-16-7-11-18(12-8-16)25-20-6-4-3-5-19(20)24-2/h3-8,11-12,15,17H,9-10,13-14H2,1-2H3,(H,22,23). The van der Waals surface area contributed by atoms with Crippen molar-refractivity contribution in [1.29, 1.82) is 0 Å². The van der Waals surface area contributed by atoms with Crippen molar-refractivity contribution < 1.29 is 14.3 Å². The molecule has 1 amide bonds. The van der Waals surface area contributed by atoms with E-state index in [-0.39, 0.29) is 5.91 Å². The minimum Gasteiger partial charge on any atom is -0.493 e. The molecule has 1 N–H and O–H groups in total. The van der Waals surface area contributed by atoms with Crippen LogP contribution in [-0.4, -0.2) is 13.0 Å². The summed E-state index contributed by atoms with van der Waals surface area (Å²) in [5, 5.41) is 3.00. The largest absolute Gasteiger partial charge is 0.493 e. The minimum atomic E-state index is 0.133. The van der Waals surface area contributed by atoms with Crippen LogP contribution in [0.5, 0.6) is 17.2 Å². The molecule has 0 radical (unpaired) electrons. The van der Waals surface area contributed by atoms with Gasteiger partial charge in [-0.1, -0.05) is 31.2 Å². The molecule has 0 heterocycles. The Kier molecular flexibility index (Phi) is 5.59. The Labute approximate surface area is 149 Å². The zero-order chi connectivity index (χ0) is 17.6. The summed E-state index contributed by atoms with van der Waals surface area (Å²) in [7, 11) is 1.62. The van der Waals surface area contributed by atoms with Crippen molar-refractivity contribution in [3.05, 3.63) is 54.1 Å². The van der Waals surface area contributed by atoms with Crippen molar-refractivity contribution in [2.75, 3.05) is 7.11 Å². The van der Waals surface area contributed by atoms with Gasteiger partial charge in [0.25, 0.3) is 0 Å². The number of hydrogen-bond acceptors (Lipinski definition) is 3. The highest BCUT2D eigenvalue weighted by atomic mass is 16.5. The Morgan fingerprint density at radius 1 is 1.12 bits per heavy atom. The van der Waals surface area contributed by atoms with Crippen LogP contribution in [0.4, 0.5) is 0 Å².